The second-order valence-corrected chi connectivity index (χ2v) is 5.56. The molecular formula is C17H6Cl2N2O. The van der Waals surface area contributed by atoms with Gasteiger partial charge in [0, 0.05) is 15.6 Å². The fourth-order valence-electron chi connectivity index (χ4n) is 2.54. The summed E-state index contributed by atoms with van der Waals surface area (Å²) in [6.07, 6.45) is 0. The summed E-state index contributed by atoms with van der Waals surface area (Å²) < 4.78 is 0. The molecule has 0 amide bonds. The maximum Gasteiger partial charge on any atom is 0.196 e. The molecule has 3 nitrogen and oxygen atoms in total. The minimum absolute atomic E-state index is 0.0669. The van der Waals surface area contributed by atoms with Gasteiger partial charge in [0.2, 0.25) is 0 Å². The van der Waals surface area contributed by atoms with Crippen LogP contribution in [0.1, 0.15) is 15.9 Å². The Bertz CT molecular complexity index is 930. The molecule has 0 unspecified atom stereocenters. The minimum Gasteiger partial charge on any atom is -0.288 e. The lowest BCUT2D eigenvalue weighted by Crippen LogP contribution is -2.13. The van der Waals surface area contributed by atoms with E-state index in [4.69, 9.17) is 33.7 Å². The van der Waals surface area contributed by atoms with Crippen LogP contribution >= 0.6 is 23.2 Å². The van der Waals surface area contributed by atoms with Gasteiger partial charge in [0.15, 0.2) is 5.78 Å². The molecule has 22 heavy (non-hydrogen) atoms. The molecular weight excluding hydrogens is 319 g/mol. The number of carbonyl (C=O) groups excluding carboxylic acids is 1. The highest BCUT2D eigenvalue weighted by Gasteiger charge is 2.30. The first kappa shape index (κ1) is 14.4. The predicted molar refractivity (Wildman–Crippen MR) is 84.4 cm³/mol. The van der Waals surface area contributed by atoms with Crippen molar-refractivity contribution in [3.63, 3.8) is 0 Å². The van der Waals surface area contributed by atoms with Crippen molar-refractivity contribution >= 4 is 34.6 Å². The first-order chi connectivity index (χ1) is 10.6. The number of halogens is 2. The van der Waals surface area contributed by atoms with E-state index >= 15 is 0 Å². The average Bonchev–Trinajstić information content (AvgIpc) is 2.51. The maximum absolute atomic E-state index is 12.7. The third kappa shape index (κ3) is 2.09. The van der Waals surface area contributed by atoms with E-state index in [1.165, 1.54) is 0 Å². The van der Waals surface area contributed by atoms with Crippen molar-refractivity contribution in [1.29, 1.82) is 10.5 Å². The number of fused-ring (bicyclic) bond motifs is 3. The minimum atomic E-state index is -0.398. The molecule has 104 valence electrons. The number of ketones is 1. The smallest absolute Gasteiger partial charge is 0.196 e. The van der Waals surface area contributed by atoms with E-state index < -0.39 is 5.78 Å². The number of nitrogens with zero attached hydrogens (tertiary/aromatic N) is 2. The summed E-state index contributed by atoms with van der Waals surface area (Å²) in [6, 6.07) is 13.6. The van der Waals surface area contributed by atoms with Crippen molar-refractivity contribution in [3.8, 4) is 23.3 Å². The lowest BCUT2D eigenvalue weighted by Gasteiger charge is -2.21. The molecule has 3 rings (SSSR count). The van der Waals surface area contributed by atoms with E-state index in [0.29, 0.717) is 26.7 Å². The number of Topliss-reactive ketones (excluding diaryl/α,β-unsaturated/α-hetero) is 1. The highest BCUT2D eigenvalue weighted by Crippen LogP contribution is 2.42. The number of hydrogen-bond acceptors (Lipinski definition) is 3. The number of benzene rings is 2. The van der Waals surface area contributed by atoms with Crippen molar-refractivity contribution in [2.45, 2.75) is 0 Å². The second-order valence-electron chi connectivity index (χ2n) is 4.68. The topological polar surface area (TPSA) is 64.7 Å². The number of rotatable bonds is 0. The molecule has 0 fully saturated rings. The molecule has 0 atom stereocenters. The van der Waals surface area contributed by atoms with E-state index in [0.717, 1.165) is 5.56 Å². The SMILES string of the molecule is N#CC(C#N)=C1C(=O)c2cc(Cl)ccc2-c2ccc(Cl)cc21. The van der Waals surface area contributed by atoms with E-state index in [2.05, 4.69) is 0 Å². The first-order valence-electron chi connectivity index (χ1n) is 6.26. The normalized spacial score (nSPS) is 12.0. The van der Waals surface area contributed by atoms with E-state index in [1.807, 2.05) is 0 Å². The van der Waals surface area contributed by atoms with Crippen LogP contribution in [-0.2, 0) is 0 Å². The van der Waals surface area contributed by atoms with Gasteiger partial charge in [-0.25, -0.2) is 0 Å². The zero-order valence-electron chi connectivity index (χ0n) is 11.0. The molecule has 1 aliphatic carbocycles. The van der Waals surface area contributed by atoms with Gasteiger partial charge >= 0.3 is 0 Å². The second kappa shape index (κ2) is 5.31. The zero-order valence-corrected chi connectivity index (χ0v) is 12.5. The Balaban J connectivity index is 2.47. The van der Waals surface area contributed by atoms with Gasteiger partial charge in [-0.05, 0) is 41.0 Å². The lowest BCUT2D eigenvalue weighted by atomic mass is 9.80. The van der Waals surface area contributed by atoms with Crippen LogP contribution < -0.4 is 0 Å². The van der Waals surface area contributed by atoms with Crippen molar-refractivity contribution in [2.24, 2.45) is 0 Å². The summed E-state index contributed by atoms with van der Waals surface area (Å²) in [6.45, 7) is 0. The third-order valence-electron chi connectivity index (χ3n) is 3.47. The van der Waals surface area contributed by atoms with Crippen LogP contribution in [0.3, 0.4) is 0 Å². The van der Waals surface area contributed by atoms with Gasteiger partial charge in [-0.2, -0.15) is 10.5 Å². The Morgan fingerprint density at radius 2 is 1.32 bits per heavy atom. The Hall–Kier alpha value is -2.59. The number of carbonyl (C=O) groups is 1. The average molecular weight is 325 g/mol. The molecule has 0 bridgehead atoms. The summed E-state index contributed by atoms with van der Waals surface area (Å²) in [5.41, 5.74) is 2.15. The molecule has 0 saturated carbocycles. The summed E-state index contributed by atoms with van der Waals surface area (Å²) in [4.78, 5) is 12.7. The number of nitriles is 2. The summed E-state index contributed by atoms with van der Waals surface area (Å²) in [5.74, 6) is -0.398. The molecule has 5 heteroatoms. The molecule has 0 spiro atoms. The van der Waals surface area contributed by atoms with Crippen molar-refractivity contribution in [3.05, 3.63) is 63.1 Å². The van der Waals surface area contributed by atoms with Crippen molar-refractivity contribution in [2.75, 3.05) is 0 Å². The van der Waals surface area contributed by atoms with Gasteiger partial charge in [-0.1, -0.05) is 35.3 Å². The van der Waals surface area contributed by atoms with E-state index in [9.17, 15) is 4.79 Å². The maximum atomic E-state index is 12.7. The summed E-state index contributed by atoms with van der Waals surface area (Å²) in [7, 11) is 0. The van der Waals surface area contributed by atoms with Gasteiger partial charge in [0.25, 0.3) is 0 Å². The Kier molecular flexibility index (Phi) is 3.47. The van der Waals surface area contributed by atoms with Crippen molar-refractivity contribution in [1.82, 2.24) is 0 Å². The summed E-state index contributed by atoms with van der Waals surface area (Å²) in [5, 5.41) is 19.1. The van der Waals surface area contributed by atoms with Crippen LogP contribution in [-0.4, -0.2) is 5.78 Å². The predicted octanol–water partition coefficient (Wildman–Crippen LogP) is 4.66. The molecule has 2 aromatic carbocycles. The molecule has 0 heterocycles. The highest BCUT2D eigenvalue weighted by atomic mass is 35.5. The van der Waals surface area contributed by atoms with Crippen LogP contribution in [0.15, 0.2) is 42.0 Å². The lowest BCUT2D eigenvalue weighted by molar-refractivity contribution is 0.105. The molecule has 0 saturated heterocycles. The molecule has 0 aliphatic heterocycles. The number of allylic oxidation sites excluding steroid dienone is 2. The Morgan fingerprint density at radius 1 is 0.818 bits per heavy atom. The van der Waals surface area contributed by atoms with Crippen LogP contribution in [0.2, 0.25) is 10.0 Å². The summed E-state index contributed by atoms with van der Waals surface area (Å²) >= 11 is 12.0. The molecule has 1 aliphatic rings. The quantitative estimate of drug-likeness (QED) is 0.523. The van der Waals surface area contributed by atoms with Gasteiger partial charge in [-0.3, -0.25) is 4.79 Å². The van der Waals surface area contributed by atoms with E-state index in [-0.39, 0.29) is 11.1 Å². The van der Waals surface area contributed by atoms with Crippen molar-refractivity contribution < 1.29 is 4.79 Å². The van der Waals surface area contributed by atoms with Crippen LogP contribution in [0.4, 0.5) is 0 Å². The molecule has 0 aromatic heterocycles. The Morgan fingerprint density at radius 3 is 1.86 bits per heavy atom. The zero-order chi connectivity index (χ0) is 15.9. The highest BCUT2D eigenvalue weighted by molar-refractivity contribution is 6.38. The molecule has 0 N–H and O–H groups in total. The molecule has 2 aromatic rings. The molecule has 0 radical (unpaired) electrons. The number of hydrogen-bond donors (Lipinski definition) is 0. The van der Waals surface area contributed by atoms with Gasteiger partial charge in [0.1, 0.15) is 17.7 Å². The van der Waals surface area contributed by atoms with Crippen LogP contribution in [0, 0.1) is 22.7 Å². The standard InChI is InChI=1S/C17H6Cl2N2O/c18-10-1-3-12-13-4-2-11(19)6-15(13)17(22)16(14(12)5-10)9(7-20)8-21/h1-6H. The van der Waals surface area contributed by atoms with Crippen LogP contribution in [0.25, 0.3) is 16.7 Å². The fourth-order valence-corrected chi connectivity index (χ4v) is 2.88. The van der Waals surface area contributed by atoms with E-state index in [1.54, 1.807) is 48.5 Å². The van der Waals surface area contributed by atoms with Crippen LogP contribution in [0.5, 0.6) is 0 Å². The monoisotopic (exact) mass is 324 g/mol. The largest absolute Gasteiger partial charge is 0.288 e. The van der Waals surface area contributed by atoms with Gasteiger partial charge < -0.3 is 0 Å². The van der Waals surface area contributed by atoms with Gasteiger partial charge in [-0.15, -0.1) is 0 Å². The Labute approximate surface area is 136 Å². The first-order valence-corrected chi connectivity index (χ1v) is 7.01. The fraction of sp³-hybridized carbons (Fsp3) is 0. The third-order valence-corrected chi connectivity index (χ3v) is 3.94. The van der Waals surface area contributed by atoms with Gasteiger partial charge in [0.05, 0.1) is 5.57 Å².